The summed E-state index contributed by atoms with van der Waals surface area (Å²) in [5, 5.41) is 9.95. The molecule has 2 rings (SSSR count). The molecule has 0 bridgehead atoms. The van der Waals surface area contributed by atoms with Gasteiger partial charge in [0.15, 0.2) is 5.78 Å². The van der Waals surface area contributed by atoms with Gasteiger partial charge >= 0.3 is 0 Å². The number of carbonyl (C=O) groups excluding carboxylic acids is 1. The molecule has 0 spiro atoms. The lowest BCUT2D eigenvalue weighted by Gasteiger charge is -2.10. The van der Waals surface area contributed by atoms with Crippen LogP contribution in [0.15, 0.2) is 42.5 Å². The molecular weight excluding hydrogens is 270 g/mol. The van der Waals surface area contributed by atoms with Gasteiger partial charge in [-0.25, -0.2) is 0 Å². The molecule has 20 heavy (non-hydrogen) atoms. The molecule has 0 N–H and O–H groups in total. The van der Waals surface area contributed by atoms with Crippen molar-refractivity contribution in [3.8, 4) is 6.07 Å². The van der Waals surface area contributed by atoms with Gasteiger partial charge in [-0.05, 0) is 43.2 Å². The number of nitriles is 1. The Morgan fingerprint density at radius 3 is 2.55 bits per heavy atom. The predicted molar refractivity (Wildman–Crippen MR) is 80.1 cm³/mol. The van der Waals surface area contributed by atoms with Crippen LogP contribution in [0.25, 0.3) is 0 Å². The third-order valence-electron chi connectivity index (χ3n) is 3.21. The Balaban J connectivity index is 2.39. The van der Waals surface area contributed by atoms with Gasteiger partial charge in [0.05, 0.1) is 6.07 Å². The molecule has 0 aromatic heterocycles. The van der Waals surface area contributed by atoms with Gasteiger partial charge in [-0.2, -0.15) is 5.26 Å². The van der Waals surface area contributed by atoms with Crippen LogP contribution in [0.1, 0.15) is 33.0 Å². The molecule has 0 aliphatic heterocycles. The largest absolute Gasteiger partial charge is 0.292 e. The molecule has 0 saturated heterocycles. The number of benzene rings is 2. The molecule has 3 heteroatoms. The summed E-state index contributed by atoms with van der Waals surface area (Å²) in [4.78, 5) is 12.5. The number of halogens is 1. The minimum absolute atomic E-state index is 0.196. The van der Waals surface area contributed by atoms with Crippen molar-refractivity contribution in [2.75, 3.05) is 0 Å². The molecule has 2 nitrogen and oxygen atoms in total. The maximum atomic E-state index is 12.5. The molecule has 0 heterocycles. The van der Waals surface area contributed by atoms with E-state index in [1.54, 1.807) is 18.2 Å². The summed E-state index contributed by atoms with van der Waals surface area (Å²) in [6.45, 7) is 3.78. The Bertz CT molecular complexity index is 700. The van der Waals surface area contributed by atoms with Crippen molar-refractivity contribution in [3.63, 3.8) is 0 Å². The Labute approximate surface area is 123 Å². The van der Waals surface area contributed by atoms with Crippen LogP contribution in [-0.4, -0.2) is 5.78 Å². The minimum Gasteiger partial charge on any atom is -0.292 e. The number of Topliss-reactive ketones (excluding diaryl/α,β-unsaturated/α-hetero) is 1. The van der Waals surface area contributed by atoms with E-state index in [4.69, 9.17) is 11.6 Å². The van der Waals surface area contributed by atoms with E-state index in [0.717, 1.165) is 16.7 Å². The summed E-state index contributed by atoms with van der Waals surface area (Å²) in [5.74, 6) is -0.978. The molecule has 0 saturated carbocycles. The number of carbonyl (C=O) groups is 1. The molecule has 0 aliphatic rings. The Morgan fingerprint density at radius 1 is 1.20 bits per heavy atom. The summed E-state index contributed by atoms with van der Waals surface area (Å²) < 4.78 is 0. The molecule has 0 amide bonds. The van der Waals surface area contributed by atoms with Crippen molar-refractivity contribution in [2.24, 2.45) is 0 Å². The SMILES string of the molecule is Cc1cccc(C(C#N)C(=O)c2ccc(Cl)c(C)c2)c1. The predicted octanol–water partition coefficient (Wildman–Crippen LogP) is 4.45. The number of nitrogens with zero attached hydrogens (tertiary/aromatic N) is 1. The molecule has 100 valence electrons. The topological polar surface area (TPSA) is 40.9 Å². The van der Waals surface area contributed by atoms with Crippen LogP contribution >= 0.6 is 11.6 Å². The third-order valence-corrected chi connectivity index (χ3v) is 3.63. The molecule has 1 unspecified atom stereocenters. The Hall–Kier alpha value is -2.11. The molecule has 0 aliphatic carbocycles. The van der Waals surface area contributed by atoms with Crippen molar-refractivity contribution in [2.45, 2.75) is 19.8 Å². The van der Waals surface area contributed by atoms with Crippen LogP contribution < -0.4 is 0 Å². The zero-order valence-corrected chi connectivity index (χ0v) is 12.1. The lowest BCUT2D eigenvalue weighted by atomic mass is 9.90. The normalized spacial score (nSPS) is 11.7. The maximum absolute atomic E-state index is 12.5. The van der Waals surface area contributed by atoms with E-state index in [-0.39, 0.29) is 5.78 Å². The smallest absolute Gasteiger partial charge is 0.184 e. The highest BCUT2D eigenvalue weighted by atomic mass is 35.5. The minimum atomic E-state index is -0.782. The van der Waals surface area contributed by atoms with Gasteiger partial charge in [-0.3, -0.25) is 4.79 Å². The molecular formula is C17H14ClNO. The highest BCUT2D eigenvalue weighted by Crippen LogP contribution is 2.24. The standard InChI is InChI=1S/C17H14ClNO/c1-11-4-3-5-13(8-11)15(10-19)17(20)14-6-7-16(18)12(2)9-14/h3-9,15H,1-2H3. The maximum Gasteiger partial charge on any atom is 0.184 e. The lowest BCUT2D eigenvalue weighted by Crippen LogP contribution is -2.11. The summed E-state index contributed by atoms with van der Waals surface area (Å²) in [5.41, 5.74) is 3.10. The van der Waals surface area contributed by atoms with Crippen molar-refractivity contribution < 1.29 is 4.79 Å². The molecule has 2 aromatic carbocycles. The summed E-state index contributed by atoms with van der Waals surface area (Å²) in [6.07, 6.45) is 0. The first-order valence-corrected chi connectivity index (χ1v) is 6.67. The monoisotopic (exact) mass is 283 g/mol. The average molecular weight is 284 g/mol. The van der Waals surface area contributed by atoms with E-state index in [1.165, 1.54) is 0 Å². The van der Waals surface area contributed by atoms with Crippen LogP contribution in [0, 0.1) is 25.2 Å². The molecule has 1 atom stereocenters. The van der Waals surface area contributed by atoms with Crippen LogP contribution in [0.4, 0.5) is 0 Å². The summed E-state index contributed by atoms with van der Waals surface area (Å²) in [7, 11) is 0. The molecule has 2 aromatic rings. The van der Waals surface area contributed by atoms with Crippen molar-refractivity contribution in [1.82, 2.24) is 0 Å². The second-order valence-electron chi connectivity index (χ2n) is 4.80. The number of aryl methyl sites for hydroxylation is 2. The van der Waals surface area contributed by atoms with E-state index >= 15 is 0 Å². The lowest BCUT2D eigenvalue weighted by molar-refractivity contribution is 0.0979. The van der Waals surface area contributed by atoms with Gasteiger partial charge in [-0.1, -0.05) is 41.4 Å². The highest BCUT2D eigenvalue weighted by molar-refractivity contribution is 6.31. The fourth-order valence-electron chi connectivity index (χ4n) is 2.10. The number of hydrogen-bond donors (Lipinski definition) is 0. The van der Waals surface area contributed by atoms with Gasteiger partial charge in [0.25, 0.3) is 0 Å². The fourth-order valence-corrected chi connectivity index (χ4v) is 2.22. The van der Waals surface area contributed by atoms with E-state index in [0.29, 0.717) is 10.6 Å². The van der Waals surface area contributed by atoms with Crippen LogP contribution in [0.3, 0.4) is 0 Å². The van der Waals surface area contributed by atoms with Crippen LogP contribution in [0.2, 0.25) is 5.02 Å². The van der Waals surface area contributed by atoms with Crippen molar-refractivity contribution >= 4 is 17.4 Å². The van der Waals surface area contributed by atoms with Gasteiger partial charge < -0.3 is 0 Å². The summed E-state index contributed by atoms with van der Waals surface area (Å²) >= 11 is 5.96. The highest BCUT2D eigenvalue weighted by Gasteiger charge is 2.22. The van der Waals surface area contributed by atoms with E-state index < -0.39 is 5.92 Å². The Kier molecular flexibility index (Phi) is 4.22. The Morgan fingerprint density at radius 2 is 1.95 bits per heavy atom. The van der Waals surface area contributed by atoms with Crippen molar-refractivity contribution in [1.29, 1.82) is 5.26 Å². The molecule has 0 fully saturated rings. The van der Waals surface area contributed by atoms with Crippen molar-refractivity contribution in [3.05, 3.63) is 69.7 Å². The second-order valence-corrected chi connectivity index (χ2v) is 5.21. The van der Waals surface area contributed by atoms with Gasteiger partial charge in [0.1, 0.15) is 5.92 Å². The third kappa shape index (κ3) is 2.89. The first-order valence-electron chi connectivity index (χ1n) is 6.29. The fraction of sp³-hybridized carbons (Fsp3) is 0.176. The molecule has 0 radical (unpaired) electrons. The van der Waals surface area contributed by atoms with Gasteiger partial charge in [-0.15, -0.1) is 0 Å². The second kappa shape index (κ2) is 5.90. The first kappa shape index (κ1) is 14.3. The van der Waals surface area contributed by atoms with Gasteiger partial charge in [0, 0.05) is 10.6 Å². The summed E-state index contributed by atoms with van der Waals surface area (Å²) in [6, 6.07) is 14.6. The van der Waals surface area contributed by atoms with E-state index in [9.17, 15) is 10.1 Å². The number of hydrogen-bond acceptors (Lipinski definition) is 2. The zero-order chi connectivity index (χ0) is 14.7. The van der Waals surface area contributed by atoms with E-state index in [2.05, 4.69) is 6.07 Å². The number of ketones is 1. The van der Waals surface area contributed by atoms with E-state index in [1.807, 2.05) is 38.1 Å². The number of rotatable bonds is 3. The first-order chi connectivity index (χ1) is 9.52. The van der Waals surface area contributed by atoms with Crippen LogP contribution in [0.5, 0.6) is 0 Å². The average Bonchev–Trinajstić information content (AvgIpc) is 2.42. The van der Waals surface area contributed by atoms with Crippen LogP contribution in [-0.2, 0) is 0 Å². The zero-order valence-electron chi connectivity index (χ0n) is 11.4. The quantitative estimate of drug-likeness (QED) is 0.781. The van der Waals surface area contributed by atoms with Gasteiger partial charge in [0.2, 0.25) is 0 Å².